The van der Waals surface area contributed by atoms with Gasteiger partial charge in [-0.15, -0.1) is 11.3 Å². The monoisotopic (exact) mass is 468 g/mol. The first-order valence-corrected chi connectivity index (χ1v) is 10.6. The fraction of sp³-hybridized carbons (Fsp3) is 0.211. The van der Waals surface area contributed by atoms with E-state index in [1.54, 1.807) is 23.0 Å². The molecule has 0 fully saturated rings. The van der Waals surface area contributed by atoms with E-state index in [4.69, 9.17) is 40.2 Å². The molecule has 3 aromatic rings. The number of aryl methyl sites for hydroxylation is 1. The Balaban J connectivity index is 1.65. The van der Waals surface area contributed by atoms with Crippen LogP contribution >= 0.6 is 46.8 Å². The number of methoxy groups -OCH3 is 1. The minimum atomic E-state index is -0.402. The lowest BCUT2D eigenvalue weighted by Gasteiger charge is -2.08. The van der Waals surface area contributed by atoms with Gasteiger partial charge in [-0.25, -0.2) is 4.79 Å². The number of carbonyl (C=O) groups excluding carboxylic acids is 1. The number of halogens is 2. The number of hydrogen-bond acceptors (Lipinski definition) is 5. The molecule has 0 aliphatic rings. The molecule has 2 heterocycles. The summed E-state index contributed by atoms with van der Waals surface area (Å²) in [5.74, 6) is -0.402. The predicted molar refractivity (Wildman–Crippen MR) is 123 cm³/mol. The second-order valence-electron chi connectivity index (χ2n) is 6.05. The van der Waals surface area contributed by atoms with Gasteiger partial charge >= 0.3 is 5.97 Å². The highest BCUT2D eigenvalue weighted by molar-refractivity contribution is 7.80. The normalized spacial score (nSPS) is 10.6. The summed E-state index contributed by atoms with van der Waals surface area (Å²) < 4.78 is 6.60. The number of nitrogens with one attached hydrogen (secondary N) is 2. The average Bonchev–Trinajstić information content (AvgIpc) is 3.30. The van der Waals surface area contributed by atoms with E-state index in [0.29, 0.717) is 32.3 Å². The summed E-state index contributed by atoms with van der Waals surface area (Å²) in [5.41, 5.74) is 2.16. The topological polar surface area (TPSA) is 68.2 Å². The molecule has 0 amide bonds. The molecule has 0 unspecified atom stereocenters. The molecule has 10 heteroatoms. The van der Waals surface area contributed by atoms with Gasteiger partial charge in [0, 0.05) is 11.1 Å². The SMILES string of the molecule is CCc1cc(C(=O)OC)c(NC(=S)Nc2cnn(Cc3ccc(Cl)c(Cl)c3)c2)s1. The van der Waals surface area contributed by atoms with Crippen molar-refractivity contribution in [2.45, 2.75) is 19.9 Å². The number of benzene rings is 1. The standard InChI is InChI=1S/C19H18Cl2N4O2S2/c1-3-13-7-14(18(26)27-2)17(29-13)24-19(28)23-12-8-22-25(10-12)9-11-4-5-15(20)16(21)6-11/h4-8,10H,3,9H2,1-2H3,(H2,23,24,28). The van der Waals surface area contributed by atoms with Crippen molar-refractivity contribution >= 4 is 68.5 Å². The van der Waals surface area contributed by atoms with E-state index in [1.165, 1.54) is 18.4 Å². The zero-order chi connectivity index (χ0) is 21.0. The molecule has 1 aromatic carbocycles. The number of nitrogens with zero attached hydrogens (tertiary/aromatic N) is 2. The molecule has 6 nitrogen and oxygen atoms in total. The van der Waals surface area contributed by atoms with E-state index in [0.717, 1.165) is 22.5 Å². The predicted octanol–water partition coefficient (Wildman–Crippen LogP) is 5.46. The molecule has 0 aliphatic heterocycles. The molecule has 2 aromatic heterocycles. The van der Waals surface area contributed by atoms with Gasteiger partial charge in [0.1, 0.15) is 5.00 Å². The molecule has 0 saturated heterocycles. The number of thiophene rings is 1. The maximum atomic E-state index is 12.0. The second-order valence-corrected chi connectivity index (χ2v) is 8.41. The second kappa shape index (κ2) is 9.58. The number of rotatable bonds is 6. The van der Waals surface area contributed by atoms with Gasteiger partial charge in [0.15, 0.2) is 5.11 Å². The number of aromatic nitrogens is 2. The number of ether oxygens (including phenoxy) is 1. The van der Waals surface area contributed by atoms with Crippen LogP contribution in [0.3, 0.4) is 0 Å². The highest BCUT2D eigenvalue weighted by Gasteiger charge is 2.17. The summed E-state index contributed by atoms with van der Waals surface area (Å²) in [6.07, 6.45) is 4.31. The van der Waals surface area contributed by atoms with E-state index in [1.807, 2.05) is 25.3 Å². The third-order valence-corrected chi connectivity index (χ3v) is 6.12. The van der Waals surface area contributed by atoms with Gasteiger partial charge in [-0.2, -0.15) is 5.10 Å². The van der Waals surface area contributed by atoms with Crippen molar-refractivity contribution in [3.8, 4) is 0 Å². The van der Waals surface area contributed by atoms with Gasteiger partial charge in [0.2, 0.25) is 0 Å². The quantitative estimate of drug-likeness (QED) is 0.369. The van der Waals surface area contributed by atoms with Crippen LogP contribution < -0.4 is 10.6 Å². The van der Waals surface area contributed by atoms with Gasteiger partial charge in [0.05, 0.1) is 41.1 Å². The van der Waals surface area contributed by atoms with Crippen LogP contribution in [-0.4, -0.2) is 28.0 Å². The summed E-state index contributed by atoms with van der Waals surface area (Å²) in [7, 11) is 1.36. The van der Waals surface area contributed by atoms with Crippen LogP contribution in [0.1, 0.15) is 27.7 Å². The molecular formula is C19H18Cl2N4O2S2. The molecule has 0 saturated carbocycles. The Morgan fingerprint density at radius 2 is 2.07 bits per heavy atom. The Labute approximate surface area is 187 Å². The van der Waals surface area contributed by atoms with Crippen molar-refractivity contribution in [1.29, 1.82) is 0 Å². The van der Waals surface area contributed by atoms with E-state index < -0.39 is 5.97 Å². The number of anilines is 2. The Hall–Kier alpha value is -2.13. The molecule has 0 spiro atoms. The van der Waals surface area contributed by atoms with Gasteiger partial charge < -0.3 is 15.4 Å². The summed E-state index contributed by atoms with van der Waals surface area (Å²) in [6, 6.07) is 7.27. The van der Waals surface area contributed by atoms with Gasteiger partial charge in [-0.3, -0.25) is 4.68 Å². The first-order valence-electron chi connectivity index (χ1n) is 8.65. The largest absolute Gasteiger partial charge is 0.465 e. The Bertz CT molecular complexity index is 1050. The molecule has 0 aliphatic carbocycles. The van der Waals surface area contributed by atoms with Crippen molar-refractivity contribution in [2.75, 3.05) is 17.7 Å². The van der Waals surface area contributed by atoms with Crippen LogP contribution in [0.2, 0.25) is 10.0 Å². The third kappa shape index (κ3) is 5.48. The molecule has 0 radical (unpaired) electrons. The first kappa shape index (κ1) is 21.6. The van der Waals surface area contributed by atoms with E-state index in [9.17, 15) is 4.79 Å². The molecular weight excluding hydrogens is 451 g/mol. The third-order valence-electron chi connectivity index (χ3n) is 3.98. The number of esters is 1. The molecule has 0 atom stereocenters. The van der Waals surface area contributed by atoms with Crippen LogP contribution in [0.15, 0.2) is 36.7 Å². The van der Waals surface area contributed by atoms with Crippen molar-refractivity contribution in [1.82, 2.24) is 9.78 Å². The average molecular weight is 469 g/mol. The number of hydrogen-bond donors (Lipinski definition) is 2. The van der Waals surface area contributed by atoms with Crippen LogP contribution in [0, 0.1) is 0 Å². The molecule has 3 rings (SSSR count). The molecule has 0 bridgehead atoms. The fourth-order valence-corrected chi connectivity index (χ4v) is 4.17. The molecule has 152 valence electrons. The lowest BCUT2D eigenvalue weighted by molar-refractivity contribution is 0.0602. The maximum absolute atomic E-state index is 12.0. The molecule has 29 heavy (non-hydrogen) atoms. The van der Waals surface area contributed by atoms with Crippen molar-refractivity contribution in [2.24, 2.45) is 0 Å². The van der Waals surface area contributed by atoms with Gasteiger partial charge in [-0.05, 0) is 42.4 Å². The van der Waals surface area contributed by atoms with Crippen molar-refractivity contribution in [3.05, 3.63) is 62.7 Å². The Morgan fingerprint density at radius 3 is 2.76 bits per heavy atom. The lowest BCUT2D eigenvalue weighted by Crippen LogP contribution is -2.19. The summed E-state index contributed by atoms with van der Waals surface area (Å²) >= 11 is 18.9. The minimum Gasteiger partial charge on any atom is -0.465 e. The minimum absolute atomic E-state index is 0.355. The van der Waals surface area contributed by atoms with Crippen LogP contribution in [0.25, 0.3) is 0 Å². The first-order chi connectivity index (χ1) is 13.9. The van der Waals surface area contributed by atoms with Gasteiger partial charge in [-0.1, -0.05) is 36.2 Å². The van der Waals surface area contributed by atoms with E-state index >= 15 is 0 Å². The molecule has 2 N–H and O–H groups in total. The Morgan fingerprint density at radius 1 is 1.28 bits per heavy atom. The zero-order valence-corrected chi connectivity index (χ0v) is 18.8. The smallest absolute Gasteiger partial charge is 0.340 e. The van der Waals surface area contributed by atoms with Crippen LogP contribution in [-0.2, 0) is 17.7 Å². The number of carbonyl (C=O) groups is 1. The number of thiocarbonyl (C=S) groups is 1. The Kier molecular flexibility index (Phi) is 7.13. The van der Waals surface area contributed by atoms with Crippen molar-refractivity contribution < 1.29 is 9.53 Å². The van der Waals surface area contributed by atoms with E-state index in [-0.39, 0.29) is 0 Å². The summed E-state index contributed by atoms with van der Waals surface area (Å²) in [4.78, 5) is 13.0. The van der Waals surface area contributed by atoms with Gasteiger partial charge in [0.25, 0.3) is 0 Å². The highest BCUT2D eigenvalue weighted by atomic mass is 35.5. The lowest BCUT2D eigenvalue weighted by atomic mass is 10.2. The summed E-state index contributed by atoms with van der Waals surface area (Å²) in [5, 5.41) is 12.5. The van der Waals surface area contributed by atoms with E-state index in [2.05, 4.69) is 15.7 Å². The van der Waals surface area contributed by atoms with Crippen molar-refractivity contribution in [3.63, 3.8) is 0 Å². The highest BCUT2D eigenvalue weighted by Crippen LogP contribution is 2.29. The fourth-order valence-electron chi connectivity index (χ4n) is 2.58. The summed E-state index contributed by atoms with van der Waals surface area (Å²) in [6.45, 7) is 2.56. The maximum Gasteiger partial charge on any atom is 0.340 e. The van der Waals surface area contributed by atoms with Crippen LogP contribution in [0.5, 0.6) is 0 Å². The van der Waals surface area contributed by atoms with Crippen LogP contribution in [0.4, 0.5) is 10.7 Å². The zero-order valence-electron chi connectivity index (χ0n) is 15.7.